The van der Waals surface area contributed by atoms with Gasteiger partial charge in [-0.2, -0.15) is 0 Å². The van der Waals surface area contributed by atoms with Gasteiger partial charge in [-0.1, -0.05) is 145 Å². The summed E-state index contributed by atoms with van der Waals surface area (Å²) in [6.07, 6.45) is 20.0. The lowest BCUT2D eigenvalue weighted by Crippen LogP contribution is -2.11. The van der Waals surface area contributed by atoms with Crippen LogP contribution < -0.4 is 0 Å². The summed E-state index contributed by atoms with van der Waals surface area (Å²) in [5.74, 6) is 2.89. The fraction of sp³-hybridized carbons (Fsp3) is 0.467. The van der Waals surface area contributed by atoms with Gasteiger partial charge in [-0.25, -0.2) is 0 Å². The van der Waals surface area contributed by atoms with E-state index in [4.69, 9.17) is 0 Å². The average Bonchev–Trinajstić information content (AvgIpc) is 3.81. The minimum absolute atomic E-state index is 0.437. The molecule has 4 atom stereocenters. The molecule has 2 aromatic carbocycles. The Labute approximate surface area is 314 Å². The van der Waals surface area contributed by atoms with Crippen molar-refractivity contribution in [1.29, 1.82) is 0 Å². The largest absolute Gasteiger partial charge is 0.139 e. The van der Waals surface area contributed by atoms with Gasteiger partial charge in [0.25, 0.3) is 0 Å². The van der Waals surface area contributed by atoms with E-state index in [0.717, 1.165) is 24.2 Å². The van der Waals surface area contributed by atoms with Crippen molar-refractivity contribution < 1.29 is 0 Å². The van der Waals surface area contributed by atoms with E-state index in [1.807, 2.05) is 34.4 Å². The van der Waals surface area contributed by atoms with Crippen LogP contribution in [0.1, 0.15) is 113 Å². The van der Waals surface area contributed by atoms with Crippen LogP contribution in [0, 0.1) is 17.8 Å². The van der Waals surface area contributed by atoms with Gasteiger partial charge in [-0.15, -0.1) is 34.4 Å². The second kappa shape index (κ2) is 17.5. The number of fused-ring (bicyclic) bond motifs is 2. The lowest BCUT2D eigenvalue weighted by Gasteiger charge is -2.22. The van der Waals surface area contributed by atoms with Gasteiger partial charge in [-0.05, 0) is 84.7 Å². The zero-order valence-electron chi connectivity index (χ0n) is 30.6. The molecule has 0 bridgehead atoms. The van der Waals surface area contributed by atoms with Gasteiger partial charge in [0.1, 0.15) is 0 Å². The van der Waals surface area contributed by atoms with E-state index in [9.17, 15) is 0 Å². The maximum absolute atomic E-state index is 2.53. The smallest absolute Gasteiger partial charge is 0.0516 e. The Hall–Kier alpha value is -1.98. The maximum atomic E-state index is 2.53. The van der Waals surface area contributed by atoms with Crippen LogP contribution in [0.4, 0.5) is 0 Å². The van der Waals surface area contributed by atoms with Crippen LogP contribution in [0.25, 0.3) is 20.9 Å². The fourth-order valence-corrected chi connectivity index (χ4v) is 12.9. The van der Waals surface area contributed by atoms with Crippen molar-refractivity contribution in [3.63, 3.8) is 0 Å². The summed E-state index contributed by atoms with van der Waals surface area (Å²) in [4.78, 5) is 10.4. The topological polar surface area (TPSA) is 0 Å². The lowest BCUT2D eigenvalue weighted by molar-refractivity contribution is 0.437. The molecule has 2 aliphatic heterocycles. The van der Waals surface area contributed by atoms with Crippen molar-refractivity contribution in [3.05, 3.63) is 105 Å². The number of hydrogen-bond donors (Lipinski definition) is 0. The number of allylic oxidation sites excluding steroid dienone is 3. The highest BCUT2D eigenvalue weighted by Gasteiger charge is 2.37. The molecule has 0 aliphatic carbocycles. The van der Waals surface area contributed by atoms with Crippen LogP contribution in [0.15, 0.2) is 93.6 Å². The molecule has 0 radical (unpaired) electrons. The van der Waals surface area contributed by atoms with Gasteiger partial charge in [0.15, 0.2) is 0 Å². The van der Waals surface area contributed by atoms with Crippen molar-refractivity contribution in [1.82, 2.24) is 0 Å². The zero-order valence-corrected chi connectivity index (χ0v) is 33.9. The van der Waals surface area contributed by atoms with Crippen LogP contribution in [-0.4, -0.2) is 5.25 Å². The van der Waals surface area contributed by atoms with E-state index < -0.39 is 0 Å². The first-order valence-corrected chi connectivity index (χ1v) is 22.3. The molecule has 2 aromatic heterocycles. The summed E-state index contributed by atoms with van der Waals surface area (Å²) in [5, 5.41) is 0.465. The summed E-state index contributed by atoms with van der Waals surface area (Å²) >= 11 is 8.12. The van der Waals surface area contributed by atoms with Crippen molar-refractivity contribution in [2.75, 3.05) is 0 Å². The molecule has 0 amide bonds. The second-order valence-electron chi connectivity index (χ2n) is 15.0. The second-order valence-corrected chi connectivity index (χ2v) is 19.6. The molecule has 4 heterocycles. The van der Waals surface area contributed by atoms with Crippen LogP contribution in [0.3, 0.4) is 0 Å². The Morgan fingerprint density at radius 1 is 0.735 bits per heavy atom. The van der Waals surface area contributed by atoms with Gasteiger partial charge in [0, 0.05) is 46.5 Å². The minimum Gasteiger partial charge on any atom is -0.139 e. The number of hydrogen-bond acceptors (Lipinski definition) is 4. The van der Waals surface area contributed by atoms with Crippen LogP contribution in [-0.2, 0) is 19.3 Å². The first kappa shape index (κ1) is 36.8. The van der Waals surface area contributed by atoms with E-state index in [2.05, 4.69) is 132 Å². The highest BCUT2D eigenvalue weighted by atomic mass is 32.2. The lowest BCUT2D eigenvalue weighted by atomic mass is 9.94. The van der Waals surface area contributed by atoms with Gasteiger partial charge in [0.2, 0.25) is 0 Å². The molecule has 4 aromatic rings. The van der Waals surface area contributed by atoms with E-state index in [1.165, 1.54) is 109 Å². The quantitative estimate of drug-likeness (QED) is 0.106. The molecule has 49 heavy (non-hydrogen) atoms. The number of rotatable bonds is 16. The molecule has 0 N–H and O–H groups in total. The van der Waals surface area contributed by atoms with Gasteiger partial charge >= 0.3 is 0 Å². The summed E-state index contributed by atoms with van der Waals surface area (Å²) in [5.41, 5.74) is 5.68. The van der Waals surface area contributed by atoms with Gasteiger partial charge < -0.3 is 0 Å². The Morgan fingerprint density at radius 2 is 1.35 bits per heavy atom. The summed E-state index contributed by atoms with van der Waals surface area (Å²) in [6, 6.07) is 23.8. The van der Waals surface area contributed by atoms with Crippen molar-refractivity contribution in [2.45, 2.75) is 127 Å². The molecule has 2 aliphatic rings. The average molecular weight is 725 g/mol. The molecule has 0 saturated heterocycles. The highest BCUT2D eigenvalue weighted by Crippen LogP contribution is 2.58. The predicted molar refractivity (Wildman–Crippen MR) is 223 cm³/mol. The molecule has 0 spiro atoms. The summed E-state index contributed by atoms with van der Waals surface area (Å²) in [7, 11) is 0. The summed E-state index contributed by atoms with van der Waals surface area (Å²) < 4.78 is 0. The molecule has 0 fully saturated rings. The van der Waals surface area contributed by atoms with Crippen molar-refractivity contribution in [2.24, 2.45) is 17.8 Å². The Morgan fingerprint density at radius 3 is 1.96 bits per heavy atom. The Balaban J connectivity index is 1.07. The van der Waals surface area contributed by atoms with E-state index in [0.29, 0.717) is 11.2 Å². The van der Waals surface area contributed by atoms with Gasteiger partial charge in [-0.3, -0.25) is 0 Å². The van der Waals surface area contributed by atoms with Crippen LogP contribution >= 0.6 is 46.2 Å². The van der Waals surface area contributed by atoms with Crippen LogP contribution in [0.2, 0.25) is 0 Å². The molecule has 260 valence electrons. The Bertz CT molecular complexity index is 1700. The monoisotopic (exact) mass is 724 g/mol. The third-order valence-electron chi connectivity index (χ3n) is 10.4. The van der Waals surface area contributed by atoms with E-state index >= 15 is 0 Å². The zero-order chi connectivity index (χ0) is 34.3. The normalized spacial score (nSPS) is 18.6. The van der Waals surface area contributed by atoms with Crippen LogP contribution in [0.5, 0.6) is 0 Å². The number of thiophene rings is 2. The third-order valence-corrected chi connectivity index (χ3v) is 15.9. The fourth-order valence-electron chi connectivity index (χ4n) is 7.31. The first-order valence-electron chi connectivity index (χ1n) is 18.9. The molecular weight excluding hydrogens is 669 g/mol. The molecule has 4 heteroatoms. The third kappa shape index (κ3) is 9.47. The number of benzene rings is 2. The minimum atomic E-state index is 0.437. The molecule has 6 rings (SSSR count). The maximum Gasteiger partial charge on any atom is 0.0516 e. The predicted octanol–water partition coefficient (Wildman–Crippen LogP) is 15.3. The highest BCUT2D eigenvalue weighted by molar-refractivity contribution is 8.06. The van der Waals surface area contributed by atoms with E-state index in [-0.39, 0.29) is 0 Å². The Kier molecular flexibility index (Phi) is 13.1. The standard InChI is InChI=1S/C45H56S4/c1-7-10-31(5)14-16-33-20-24-36(25-21-33)41-29-43-45(48-41)37(11-8-2)44(49-43)39-27-26-38-42(47-39)28-40(46-38)35-22-18-34(19-23-35)17-15-32(6)13-9-12-30(3)4/h8,11,18-25,27-32,37,44H,7,9-10,12-17,26H2,1-6H3/b11-8-. The summed E-state index contributed by atoms with van der Waals surface area (Å²) in [6.45, 7) is 14.0. The SMILES string of the molecule is C/C=C\C1c2sc(-c3ccc(CCC(C)CCC)cc3)cc2SC1C1=CCc2sc(-c3ccc(CCC(C)CCCC(C)C)cc3)cc2S1. The first-order chi connectivity index (χ1) is 23.8. The van der Waals surface area contributed by atoms with Crippen molar-refractivity contribution in [3.8, 4) is 20.9 Å². The molecule has 0 saturated carbocycles. The van der Waals surface area contributed by atoms with Crippen molar-refractivity contribution >= 4 is 46.2 Å². The molecular formula is C45H56S4. The molecule has 4 unspecified atom stereocenters. The van der Waals surface area contributed by atoms with Gasteiger partial charge in [0.05, 0.1) is 5.25 Å². The number of aryl methyl sites for hydroxylation is 2. The van der Waals surface area contributed by atoms with E-state index in [1.54, 1.807) is 4.88 Å². The molecule has 0 nitrogen and oxygen atoms in total. The number of thioether (sulfide) groups is 2.